The van der Waals surface area contributed by atoms with Crippen molar-refractivity contribution in [1.29, 1.82) is 0 Å². The van der Waals surface area contributed by atoms with Crippen LogP contribution in [0.3, 0.4) is 0 Å². The molecule has 0 saturated heterocycles. The molecule has 0 spiro atoms. The minimum atomic E-state index is -0.119. The molecule has 0 unspecified atom stereocenters. The second-order valence-corrected chi connectivity index (χ2v) is 3.85. The SMILES string of the molecule is COc1ccc(/C=C/c2ccc(O)c(O)c2)cc1. The Hall–Kier alpha value is -2.42. The van der Waals surface area contributed by atoms with Crippen LogP contribution in [0.5, 0.6) is 17.2 Å². The highest BCUT2D eigenvalue weighted by Crippen LogP contribution is 2.25. The number of hydrogen-bond acceptors (Lipinski definition) is 3. The first-order valence-corrected chi connectivity index (χ1v) is 5.53. The molecule has 0 aliphatic carbocycles. The maximum atomic E-state index is 9.37. The summed E-state index contributed by atoms with van der Waals surface area (Å²) in [5.41, 5.74) is 1.85. The first-order chi connectivity index (χ1) is 8.69. The topological polar surface area (TPSA) is 49.7 Å². The molecule has 92 valence electrons. The summed E-state index contributed by atoms with van der Waals surface area (Å²) in [6, 6.07) is 12.3. The van der Waals surface area contributed by atoms with Gasteiger partial charge in [-0.05, 0) is 35.4 Å². The van der Waals surface area contributed by atoms with Crippen molar-refractivity contribution in [3.63, 3.8) is 0 Å². The highest BCUT2D eigenvalue weighted by atomic mass is 16.5. The molecule has 2 aromatic carbocycles. The van der Waals surface area contributed by atoms with Gasteiger partial charge in [-0.25, -0.2) is 0 Å². The number of methoxy groups -OCH3 is 1. The minimum Gasteiger partial charge on any atom is -0.504 e. The first kappa shape index (κ1) is 12.0. The molecule has 0 radical (unpaired) electrons. The molecule has 0 saturated carbocycles. The third kappa shape index (κ3) is 2.83. The molecular weight excluding hydrogens is 228 g/mol. The summed E-state index contributed by atoms with van der Waals surface area (Å²) in [5.74, 6) is 0.581. The summed E-state index contributed by atoms with van der Waals surface area (Å²) in [6.07, 6.45) is 3.78. The predicted molar refractivity (Wildman–Crippen MR) is 71.7 cm³/mol. The molecule has 0 atom stereocenters. The van der Waals surface area contributed by atoms with Crippen LogP contribution in [0.1, 0.15) is 11.1 Å². The van der Waals surface area contributed by atoms with Gasteiger partial charge in [0.05, 0.1) is 7.11 Å². The maximum Gasteiger partial charge on any atom is 0.157 e. The van der Waals surface area contributed by atoms with E-state index in [1.165, 1.54) is 12.1 Å². The van der Waals surface area contributed by atoms with E-state index < -0.39 is 0 Å². The van der Waals surface area contributed by atoms with Crippen molar-refractivity contribution < 1.29 is 14.9 Å². The second kappa shape index (κ2) is 5.27. The van der Waals surface area contributed by atoms with Crippen LogP contribution in [0, 0.1) is 0 Å². The van der Waals surface area contributed by atoms with Crippen LogP contribution in [0.4, 0.5) is 0 Å². The fourth-order valence-corrected chi connectivity index (χ4v) is 1.55. The average molecular weight is 242 g/mol. The van der Waals surface area contributed by atoms with E-state index in [1.54, 1.807) is 13.2 Å². The molecule has 0 aromatic heterocycles. The van der Waals surface area contributed by atoms with Gasteiger partial charge in [-0.3, -0.25) is 0 Å². The van der Waals surface area contributed by atoms with Crippen molar-refractivity contribution in [3.05, 3.63) is 53.6 Å². The van der Waals surface area contributed by atoms with Crippen LogP contribution in [-0.2, 0) is 0 Å². The quantitative estimate of drug-likeness (QED) is 0.641. The molecule has 0 bridgehead atoms. The molecule has 2 N–H and O–H groups in total. The lowest BCUT2D eigenvalue weighted by Crippen LogP contribution is -1.81. The highest BCUT2D eigenvalue weighted by Gasteiger charge is 1.97. The summed E-state index contributed by atoms with van der Waals surface area (Å²) in [6.45, 7) is 0. The van der Waals surface area contributed by atoms with Gasteiger partial charge in [0, 0.05) is 0 Å². The molecule has 0 aliphatic heterocycles. The van der Waals surface area contributed by atoms with E-state index in [1.807, 2.05) is 36.4 Å². The van der Waals surface area contributed by atoms with Gasteiger partial charge >= 0.3 is 0 Å². The number of hydrogen-bond donors (Lipinski definition) is 2. The zero-order chi connectivity index (χ0) is 13.0. The number of aromatic hydroxyl groups is 2. The molecule has 0 fully saturated rings. The van der Waals surface area contributed by atoms with Gasteiger partial charge in [0.1, 0.15) is 5.75 Å². The number of phenols is 2. The minimum absolute atomic E-state index is 0.114. The molecule has 2 aromatic rings. The van der Waals surface area contributed by atoms with Crippen LogP contribution in [0.2, 0.25) is 0 Å². The van der Waals surface area contributed by atoms with Crippen molar-refractivity contribution >= 4 is 12.2 Å². The van der Waals surface area contributed by atoms with Crippen molar-refractivity contribution in [2.75, 3.05) is 7.11 Å². The molecule has 0 heterocycles. The Morgan fingerprint density at radius 3 is 2.06 bits per heavy atom. The van der Waals surface area contributed by atoms with E-state index in [0.29, 0.717) is 0 Å². The lowest BCUT2D eigenvalue weighted by atomic mass is 10.1. The van der Waals surface area contributed by atoms with E-state index in [2.05, 4.69) is 0 Å². The Balaban J connectivity index is 2.16. The molecular formula is C15H14O3. The van der Waals surface area contributed by atoms with Gasteiger partial charge in [0.15, 0.2) is 11.5 Å². The largest absolute Gasteiger partial charge is 0.504 e. The highest BCUT2D eigenvalue weighted by molar-refractivity contribution is 5.71. The second-order valence-electron chi connectivity index (χ2n) is 3.85. The summed E-state index contributed by atoms with van der Waals surface area (Å²) in [4.78, 5) is 0. The van der Waals surface area contributed by atoms with Crippen molar-refractivity contribution in [1.82, 2.24) is 0 Å². The van der Waals surface area contributed by atoms with Crippen molar-refractivity contribution in [2.45, 2.75) is 0 Å². The number of ether oxygens (including phenoxy) is 1. The fourth-order valence-electron chi connectivity index (χ4n) is 1.55. The molecule has 3 heteroatoms. The predicted octanol–water partition coefficient (Wildman–Crippen LogP) is 3.28. The van der Waals surface area contributed by atoms with E-state index in [4.69, 9.17) is 4.74 Å². The van der Waals surface area contributed by atoms with Crippen molar-refractivity contribution in [3.8, 4) is 17.2 Å². The number of benzene rings is 2. The maximum absolute atomic E-state index is 9.37. The number of rotatable bonds is 3. The van der Waals surface area contributed by atoms with Crippen molar-refractivity contribution in [2.24, 2.45) is 0 Å². The average Bonchev–Trinajstić information content (AvgIpc) is 2.41. The lowest BCUT2D eigenvalue weighted by Gasteiger charge is -2.00. The Labute approximate surface area is 106 Å². The van der Waals surface area contributed by atoms with Gasteiger partial charge in [-0.1, -0.05) is 30.4 Å². The summed E-state index contributed by atoms with van der Waals surface area (Å²) in [7, 11) is 1.63. The molecule has 18 heavy (non-hydrogen) atoms. The lowest BCUT2D eigenvalue weighted by molar-refractivity contribution is 0.403. The summed E-state index contributed by atoms with van der Waals surface area (Å²) in [5, 5.41) is 18.6. The third-order valence-corrected chi connectivity index (χ3v) is 2.58. The Morgan fingerprint density at radius 1 is 0.833 bits per heavy atom. The third-order valence-electron chi connectivity index (χ3n) is 2.58. The van der Waals surface area contributed by atoms with Gasteiger partial charge < -0.3 is 14.9 Å². The fraction of sp³-hybridized carbons (Fsp3) is 0.0667. The zero-order valence-electron chi connectivity index (χ0n) is 10.00. The van der Waals surface area contributed by atoms with Gasteiger partial charge in [-0.15, -0.1) is 0 Å². The zero-order valence-corrected chi connectivity index (χ0v) is 10.00. The Morgan fingerprint density at radius 2 is 1.44 bits per heavy atom. The van der Waals surface area contributed by atoms with E-state index >= 15 is 0 Å². The number of phenolic OH excluding ortho intramolecular Hbond substituents is 2. The molecule has 2 rings (SSSR count). The van der Waals surface area contributed by atoms with E-state index in [9.17, 15) is 10.2 Å². The Bertz CT molecular complexity index is 556. The monoisotopic (exact) mass is 242 g/mol. The molecule has 0 aliphatic rings. The Kier molecular flexibility index (Phi) is 3.53. The molecule has 0 amide bonds. The first-order valence-electron chi connectivity index (χ1n) is 5.53. The van der Waals surface area contributed by atoms with Gasteiger partial charge in [0.2, 0.25) is 0 Å². The van der Waals surface area contributed by atoms with Crippen LogP contribution in [0.15, 0.2) is 42.5 Å². The van der Waals surface area contributed by atoms with Crippen LogP contribution in [0.25, 0.3) is 12.2 Å². The van der Waals surface area contributed by atoms with Crippen LogP contribution in [-0.4, -0.2) is 17.3 Å². The van der Waals surface area contributed by atoms with E-state index in [-0.39, 0.29) is 11.5 Å². The smallest absolute Gasteiger partial charge is 0.157 e. The standard InChI is InChI=1S/C15H14O3/c1-18-13-7-4-11(5-8-13)2-3-12-6-9-14(16)15(17)10-12/h2-10,16-17H,1H3/b3-2+. The van der Waals surface area contributed by atoms with Crippen LogP contribution >= 0.6 is 0 Å². The van der Waals surface area contributed by atoms with Gasteiger partial charge in [0.25, 0.3) is 0 Å². The van der Waals surface area contributed by atoms with Crippen LogP contribution < -0.4 is 4.74 Å². The van der Waals surface area contributed by atoms with E-state index in [0.717, 1.165) is 16.9 Å². The summed E-state index contributed by atoms with van der Waals surface area (Å²) >= 11 is 0. The normalized spacial score (nSPS) is 10.7. The summed E-state index contributed by atoms with van der Waals surface area (Å²) < 4.78 is 5.08. The van der Waals surface area contributed by atoms with Gasteiger partial charge in [-0.2, -0.15) is 0 Å². The molecule has 3 nitrogen and oxygen atoms in total.